The minimum atomic E-state index is -1.39. The quantitative estimate of drug-likeness (QED) is 0.658. The van der Waals surface area contributed by atoms with Crippen molar-refractivity contribution in [3.63, 3.8) is 0 Å². The third kappa shape index (κ3) is 3.43. The zero-order chi connectivity index (χ0) is 14.4. The lowest BCUT2D eigenvalue weighted by molar-refractivity contribution is 0.0686. The van der Waals surface area contributed by atoms with Crippen molar-refractivity contribution in [3.05, 3.63) is 11.6 Å². The van der Waals surface area contributed by atoms with Crippen molar-refractivity contribution in [1.82, 2.24) is 0 Å². The second-order valence-corrected chi connectivity index (χ2v) is 3.95. The SMILES string of the molecule is CCCOc1cc(O)c(O)c(C(=O)O)c1OCCC. The summed E-state index contributed by atoms with van der Waals surface area (Å²) in [5.74, 6) is -2.60. The molecule has 1 aromatic rings. The number of aromatic carboxylic acids is 1. The van der Waals surface area contributed by atoms with Gasteiger partial charge in [-0.2, -0.15) is 0 Å². The van der Waals surface area contributed by atoms with Crippen molar-refractivity contribution in [2.45, 2.75) is 26.7 Å². The molecule has 0 unspecified atom stereocenters. The average molecular weight is 270 g/mol. The van der Waals surface area contributed by atoms with Gasteiger partial charge in [0.05, 0.1) is 13.2 Å². The molecule has 0 aliphatic carbocycles. The molecule has 6 heteroatoms. The molecule has 0 saturated carbocycles. The van der Waals surface area contributed by atoms with Crippen molar-refractivity contribution in [2.75, 3.05) is 13.2 Å². The third-order valence-corrected chi connectivity index (χ3v) is 2.32. The Labute approximate surface area is 111 Å². The first-order valence-corrected chi connectivity index (χ1v) is 6.10. The fourth-order valence-electron chi connectivity index (χ4n) is 1.48. The lowest BCUT2D eigenvalue weighted by atomic mass is 10.1. The van der Waals surface area contributed by atoms with E-state index in [-0.39, 0.29) is 18.1 Å². The van der Waals surface area contributed by atoms with Gasteiger partial charge >= 0.3 is 5.97 Å². The van der Waals surface area contributed by atoms with E-state index in [1.165, 1.54) is 0 Å². The van der Waals surface area contributed by atoms with Crippen LogP contribution in [-0.4, -0.2) is 34.5 Å². The van der Waals surface area contributed by atoms with Crippen LogP contribution in [0, 0.1) is 0 Å². The molecule has 1 rings (SSSR count). The first kappa shape index (κ1) is 14.9. The molecular formula is C13H18O6. The van der Waals surface area contributed by atoms with Gasteiger partial charge in [0.2, 0.25) is 0 Å². The van der Waals surface area contributed by atoms with Gasteiger partial charge in [-0.05, 0) is 12.8 Å². The molecule has 1 aromatic carbocycles. The van der Waals surface area contributed by atoms with Crippen LogP contribution in [0.2, 0.25) is 0 Å². The largest absolute Gasteiger partial charge is 0.504 e. The molecule has 0 atom stereocenters. The smallest absolute Gasteiger partial charge is 0.343 e. The summed E-state index contributed by atoms with van der Waals surface area (Å²) < 4.78 is 10.7. The summed E-state index contributed by atoms with van der Waals surface area (Å²) >= 11 is 0. The zero-order valence-corrected chi connectivity index (χ0v) is 11.0. The summed E-state index contributed by atoms with van der Waals surface area (Å²) in [6.07, 6.45) is 1.39. The first-order valence-electron chi connectivity index (χ1n) is 6.10. The van der Waals surface area contributed by atoms with E-state index in [4.69, 9.17) is 14.6 Å². The summed E-state index contributed by atoms with van der Waals surface area (Å²) in [5.41, 5.74) is -0.487. The lowest BCUT2D eigenvalue weighted by Gasteiger charge is -2.16. The Balaban J connectivity index is 3.30. The molecule has 0 spiro atoms. The molecule has 0 aromatic heterocycles. The fraction of sp³-hybridized carbons (Fsp3) is 0.462. The molecule has 3 N–H and O–H groups in total. The molecule has 0 bridgehead atoms. The molecular weight excluding hydrogens is 252 g/mol. The van der Waals surface area contributed by atoms with E-state index in [1.807, 2.05) is 13.8 Å². The Morgan fingerprint density at radius 3 is 2.26 bits per heavy atom. The Kier molecular flexibility index (Phi) is 5.29. The van der Waals surface area contributed by atoms with E-state index in [1.54, 1.807) is 0 Å². The molecule has 0 fully saturated rings. The Morgan fingerprint density at radius 2 is 1.74 bits per heavy atom. The lowest BCUT2D eigenvalue weighted by Crippen LogP contribution is -2.07. The van der Waals surface area contributed by atoms with Crippen LogP contribution in [0.4, 0.5) is 0 Å². The number of phenols is 2. The van der Waals surface area contributed by atoms with Gasteiger partial charge in [0.1, 0.15) is 0 Å². The van der Waals surface area contributed by atoms with Crippen LogP contribution >= 0.6 is 0 Å². The summed E-state index contributed by atoms with van der Waals surface area (Å²) in [6, 6.07) is 1.16. The van der Waals surface area contributed by atoms with E-state index in [9.17, 15) is 15.0 Å². The highest BCUT2D eigenvalue weighted by molar-refractivity contribution is 5.96. The van der Waals surface area contributed by atoms with Crippen molar-refractivity contribution >= 4 is 5.97 Å². The van der Waals surface area contributed by atoms with Crippen molar-refractivity contribution in [3.8, 4) is 23.0 Å². The zero-order valence-electron chi connectivity index (χ0n) is 11.0. The molecule has 0 amide bonds. The van der Waals surface area contributed by atoms with E-state index < -0.39 is 23.0 Å². The number of rotatable bonds is 7. The van der Waals surface area contributed by atoms with Gasteiger partial charge in [-0.1, -0.05) is 13.8 Å². The number of carbonyl (C=O) groups is 1. The van der Waals surface area contributed by atoms with Crippen molar-refractivity contribution in [2.24, 2.45) is 0 Å². The second-order valence-electron chi connectivity index (χ2n) is 3.95. The van der Waals surface area contributed by atoms with Crippen molar-refractivity contribution in [1.29, 1.82) is 0 Å². The number of hydrogen-bond donors (Lipinski definition) is 3. The van der Waals surface area contributed by atoms with Gasteiger partial charge in [-0.15, -0.1) is 0 Å². The summed E-state index contributed by atoms with van der Waals surface area (Å²) in [7, 11) is 0. The summed E-state index contributed by atoms with van der Waals surface area (Å²) in [4.78, 5) is 11.2. The molecule has 6 nitrogen and oxygen atoms in total. The van der Waals surface area contributed by atoms with Crippen molar-refractivity contribution < 1.29 is 29.6 Å². The fourth-order valence-corrected chi connectivity index (χ4v) is 1.48. The highest BCUT2D eigenvalue weighted by Crippen LogP contribution is 2.43. The van der Waals surface area contributed by atoms with Crippen LogP contribution in [0.5, 0.6) is 23.0 Å². The van der Waals surface area contributed by atoms with Gasteiger partial charge in [0, 0.05) is 6.07 Å². The molecule has 0 aliphatic rings. The molecule has 0 heterocycles. The van der Waals surface area contributed by atoms with E-state index >= 15 is 0 Å². The number of aromatic hydroxyl groups is 2. The van der Waals surface area contributed by atoms with E-state index in [0.29, 0.717) is 13.0 Å². The van der Waals surface area contributed by atoms with Gasteiger partial charge in [0.25, 0.3) is 0 Å². The summed E-state index contributed by atoms with van der Waals surface area (Å²) in [5, 5.41) is 28.3. The Hall–Kier alpha value is -2.11. The molecule has 0 aliphatic heterocycles. The van der Waals surface area contributed by atoms with Crippen LogP contribution in [0.3, 0.4) is 0 Å². The summed E-state index contributed by atoms with van der Waals surface area (Å²) in [6.45, 7) is 4.40. The molecule has 0 radical (unpaired) electrons. The van der Waals surface area contributed by atoms with E-state index in [0.717, 1.165) is 12.5 Å². The standard InChI is InChI=1S/C13H18O6/c1-3-5-18-9-7-8(14)11(15)10(13(16)17)12(9)19-6-4-2/h7,14-15H,3-6H2,1-2H3,(H,16,17). The number of hydrogen-bond acceptors (Lipinski definition) is 5. The topological polar surface area (TPSA) is 96.2 Å². The maximum absolute atomic E-state index is 11.2. The van der Waals surface area contributed by atoms with Crippen LogP contribution in [0.25, 0.3) is 0 Å². The minimum Gasteiger partial charge on any atom is -0.504 e. The Bertz CT molecular complexity index is 455. The Morgan fingerprint density at radius 1 is 1.16 bits per heavy atom. The number of benzene rings is 1. The number of ether oxygens (including phenoxy) is 2. The number of phenolic OH excluding ortho intramolecular Hbond substituents is 1. The van der Waals surface area contributed by atoms with Gasteiger partial charge < -0.3 is 24.8 Å². The van der Waals surface area contributed by atoms with Crippen LogP contribution in [0.1, 0.15) is 37.0 Å². The van der Waals surface area contributed by atoms with Gasteiger partial charge in [0.15, 0.2) is 28.6 Å². The van der Waals surface area contributed by atoms with E-state index in [2.05, 4.69) is 0 Å². The predicted octanol–water partition coefficient (Wildman–Crippen LogP) is 2.37. The normalized spacial score (nSPS) is 10.2. The van der Waals surface area contributed by atoms with Crippen LogP contribution in [-0.2, 0) is 0 Å². The maximum atomic E-state index is 11.2. The number of carboxylic acids is 1. The highest BCUT2D eigenvalue weighted by Gasteiger charge is 2.25. The monoisotopic (exact) mass is 270 g/mol. The molecule has 106 valence electrons. The maximum Gasteiger partial charge on any atom is 0.343 e. The molecule has 19 heavy (non-hydrogen) atoms. The van der Waals surface area contributed by atoms with Gasteiger partial charge in [-0.3, -0.25) is 0 Å². The third-order valence-electron chi connectivity index (χ3n) is 2.32. The van der Waals surface area contributed by atoms with Crippen LogP contribution in [0.15, 0.2) is 6.07 Å². The minimum absolute atomic E-state index is 0.0573. The first-order chi connectivity index (χ1) is 9.02. The number of carboxylic acid groups (broad SMARTS) is 1. The second kappa shape index (κ2) is 6.72. The average Bonchev–Trinajstić information content (AvgIpc) is 2.37. The highest BCUT2D eigenvalue weighted by atomic mass is 16.5. The predicted molar refractivity (Wildman–Crippen MR) is 68.3 cm³/mol. The van der Waals surface area contributed by atoms with Crippen LogP contribution < -0.4 is 9.47 Å². The molecule has 0 saturated heterocycles. The van der Waals surface area contributed by atoms with Gasteiger partial charge in [-0.25, -0.2) is 4.79 Å².